The molecule has 2 aromatic carbocycles. The van der Waals surface area contributed by atoms with Crippen LogP contribution in [0.5, 0.6) is 0 Å². The number of nitrogens with one attached hydrogen (secondary N) is 1. The Kier molecular flexibility index (Phi) is 8.90. The van der Waals surface area contributed by atoms with E-state index in [1.54, 1.807) is 4.90 Å². The van der Waals surface area contributed by atoms with Crippen molar-refractivity contribution in [3.8, 4) is 0 Å². The van der Waals surface area contributed by atoms with E-state index in [9.17, 15) is 19.5 Å². The monoisotopic (exact) mass is 490 g/mol. The van der Waals surface area contributed by atoms with E-state index in [1.165, 1.54) is 0 Å². The van der Waals surface area contributed by atoms with Crippen molar-refractivity contribution in [3.63, 3.8) is 0 Å². The van der Waals surface area contributed by atoms with Gasteiger partial charge in [0.05, 0.1) is 25.1 Å². The number of cyclic esters (lactones) is 1. The molecule has 2 aliphatic heterocycles. The van der Waals surface area contributed by atoms with Gasteiger partial charge in [0.15, 0.2) is 0 Å². The van der Waals surface area contributed by atoms with Crippen LogP contribution in [0.3, 0.4) is 0 Å². The van der Waals surface area contributed by atoms with Crippen LogP contribution in [-0.4, -0.2) is 47.0 Å². The molecule has 0 spiro atoms. The largest absolute Gasteiger partial charge is 0.456 e. The Morgan fingerprint density at radius 1 is 1.03 bits per heavy atom. The van der Waals surface area contributed by atoms with Crippen molar-refractivity contribution in [2.75, 3.05) is 13.2 Å². The average molecular weight is 491 g/mol. The van der Waals surface area contributed by atoms with Crippen LogP contribution < -0.4 is 5.32 Å². The molecule has 0 aromatic heterocycles. The molecule has 190 valence electrons. The number of hydrogen-bond donors (Lipinski definition) is 2. The van der Waals surface area contributed by atoms with Crippen LogP contribution in [0, 0.1) is 5.92 Å². The highest BCUT2D eigenvalue weighted by molar-refractivity contribution is 5.86. The Labute approximate surface area is 212 Å². The van der Waals surface area contributed by atoms with Gasteiger partial charge in [-0.3, -0.25) is 14.4 Å². The number of fused-ring (bicyclic) bond motifs is 1. The van der Waals surface area contributed by atoms with E-state index in [-0.39, 0.29) is 43.4 Å². The molecule has 0 saturated carbocycles. The van der Waals surface area contributed by atoms with E-state index < -0.39 is 12.0 Å². The Balaban J connectivity index is 1.48. The molecule has 0 unspecified atom stereocenters. The van der Waals surface area contributed by atoms with Gasteiger partial charge in [0.1, 0.15) is 6.10 Å². The summed E-state index contributed by atoms with van der Waals surface area (Å²) in [6.07, 6.45) is 6.02. The van der Waals surface area contributed by atoms with Crippen LogP contribution >= 0.6 is 0 Å². The highest BCUT2D eigenvalue weighted by Crippen LogP contribution is 2.26. The smallest absolute Gasteiger partial charge is 0.306 e. The first-order valence-electron chi connectivity index (χ1n) is 12.7. The summed E-state index contributed by atoms with van der Waals surface area (Å²) in [6, 6.07) is 17.0. The summed E-state index contributed by atoms with van der Waals surface area (Å²) in [5, 5.41) is 12.9. The van der Waals surface area contributed by atoms with Gasteiger partial charge in [-0.1, -0.05) is 66.7 Å². The van der Waals surface area contributed by atoms with Gasteiger partial charge in [0.25, 0.3) is 0 Å². The van der Waals surface area contributed by atoms with Crippen molar-refractivity contribution < 1.29 is 24.2 Å². The maximum atomic E-state index is 13.4. The van der Waals surface area contributed by atoms with E-state index >= 15 is 0 Å². The molecule has 36 heavy (non-hydrogen) atoms. The Hall–Kier alpha value is -3.45. The topological polar surface area (TPSA) is 95.9 Å². The number of benzene rings is 2. The zero-order chi connectivity index (χ0) is 25.3. The third kappa shape index (κ3) is 6.61. The quantitative estimate of drug-likeness (QED) is 0.506. The highest BCUT2D eigenvalue weighted by Gasteiger charge is 2.32. The maximum absolute atomic E-state index is 13.4. The SMILES string of the molecule is O=C1CCCC=CC[C@H](CC(=O)N2Cc3ccccc3C[C@H]2CO)C(=O)NC[C@@H](c2ccccc2)O1. The number of carbonyl (C=O) groups is 3. The van der Waals surface area contributed by atoms with Crippen molar-refractivity contribution >= 4 is 17.8 Å². The third-order valence-electron chi connectivity index (χ3n) is 6.92. The molecular formula is C29H34N2O5. The van der Waals surface area contributed by atoms with E-state index in [1.807, 2.05) is 66.7 Å². The second-order valence-corrected chi connectivity index (χ2v) is 9.47. The highest BCUT2D eigenvalue weighted by atomic mass is 16.5. The molecule has 0 bridgehead atoms. The van der Waals surface area contributed by atoms with Gasteiger partial charge in [0.2, 0.25) is 11.8 Å². The maximum Gasteiger partial charge on any atom is 0.306 e. The molecule has 2 N–H and O–H groups in total. The number of amides is 2. The van der Waals surface area contributed by atoms with Gasteiger partial charge >= 0.3 is 5.97 Å². The molecule has 3 atom stereocenters. The predicted molar refractivity (Wildman–Crippen MR) is 136 cm³/mol. The summed E-state index contributed by atoms with van der Waals surface area (Å²) >= 11 is 0. The minimum atomic E-state index is -0.593. The number of ether oxygens (including phenoxy) is 1. The van der Waals surface area contributed by atoms with Crippen LogP contribution in [0.15, 0.2) is 66.7 Å². The minimum absolute atomic E-state index is 0.0463. The van der Waals surface area contributed by atoms with Crippen LogP contribution in [-0.2, 0) is 32.1 Å². The molecule has 2 amide bonds. The van der Waals surface area contributed by atoms with Gasteiger partial charge in [0, 0.05) is 19.4 Å². The Bertz CT molecular complexity index is 1080. The number of allylic oxidation sites excluding steroid dienone is 2. The first-order chi connectivity index (χ1) is 17.5. The zero-order valence-electron chi connectivity index (χ0n) is 20.5. The summed E-state index contributed by atoms with van der Waals surface area (Å²) < 4.78 is 5.69. The van der Waals surface area contributed by atoms with Crippen LogP contribution in [0.4, 0.5) is 0 Å². The fourth-order valence-electron chi connectivity index (χ4n) is 4.85. The van der Waals surface area contributed by atoms with Crippen LogP contribution in [0.2, 0.25) is 0 Å². The summed E-state index contributed by atoms with van der Waals surface area (Å²) in [7, 11) is 0. The third-order valence-corrected chi connectivity index (χ3v) is 6.92. The molecule has 0 fully saturated rings. The minimum Gasteiger partial charge on any atom is -0.456 e. The number of hydrogen-bond acceptors (Lipinski definition) is 5. The van der Waals surface area contributed by atoms with Crippen molar-refractivity contribution in [2.45, 2.75) is 57.2 Å². The number of rotatable bonds is 4. The summed E-state index contributed by atoms with van der Waals surface area (Å²) in [5.41, 5.74) is 3.02. The number of esters is 1. The van der Waals surface area contributed by atoms with Crippen molar-refractivity contribution in [1.82, 2.24) is 10.2 Å². The molecule has 2 heterocycles. The van der Waals surface area contributed by atoms with Gasteiger partial charge in [-0.05, 0) is 42.4 Å². The predicted octanol–water partition coefficient (Wildman–Crippen LogP) is 3.47. The number of carbonyl (C=O) groups excluding carboxylic acids is 3. The lowest BCUT2D eigenvalue weighted by Gasteiger charge is -2.36. The van der Waals surface area contributed by atoms with Gasteiger partial charge < -0.3 is 20.1 Å². The van der Waals surface area contributed by atoms with Gasteiger partial charge in [-0.15, -0.1) is 0 Å². The first kappa shape index (κ1) is 25.6. The van der Waals surface area contributed by atoms with Crippen LogP contribution in [0.1, 0.15) is 54.9 Å². The normalized spacial score (nSPS) is 23.4. The van der Waals surface area contributed by atoms with Crippen molar-refractivity contribution in [2.24, 2.45) is 5.92 Å². The van der Waals surface area contributed by atoms with Crippen molar-refractivity contribution in [3.05, 3.63) is 83.4 Å². The van der Waals surface area contributed by atoms with E-state index in [0.717, 1.165) is 16.7 Å². The van der Waals surface area contributed by atoms with E-state index in [4.69, 9.17) is 4.74 Å². The number of aliphatic hydroxyl groups is 1. The van der Waals surface area contributed by atoms with Crippen LogP contribution in [0.25, 0.3) is 0 Å². The summed E-state index contributed by atoms with van der Waals surface area (Å²) in [5.74, 6) is -1.24. The second kappa shape index (κ2) is 12.5. The second-order valence-electron chi connectivity index (χ2n) is 9.47. The molecular weight excluding hydrogens is 456 g/mol. The Morgan fingerprint density at radius 2 is 1.78 bits per heavy atom. The lowest BCUT2D eigenvalue weighted by atomic mass is 9.92. The molecule has 7 heteroatoms. The van der Waals surface area contributed by atoms with Gasteiger partial charge in [-0.25, -0.2) is 0 Å². The molecule has 0 saturated heterocycles. The van der Waals surface area contributed by atoms with Crippen molar-refractivity contribution in [1.29, 1.82) is 0 Å². The molecule has 7 nitrogen and oxygen atoms in total. The fourth-order valence-corrected chi connectivity index (χ4v) is 4.85. The van der Waals surface area contributed by atoms with Gasteiger partial charge in [-0.2, -0.15) is 0 Å². The molecule has 2 aromatic rings. The molecule has 4 rings (SSSR count). The zero-order valence-corrected chi connectivity index (χ0v) is 20.5. The summed E-state index contributed by atoms with van der Waals surface area (Å²) in [6.45, 7) is 0.441. The standard InChI is InChI=1S/C29H34N2O5/c32-20-25-16-22-12-8-9-14-24(22)19-31(25)27(33)17-23-13-4-1-2-7-15-28(34)36-26(18-30-29(23)35)21-10-5-3-6-11-21/h1,3-6,8-12,14,23,25-26,32H,2,7,13,15-20H2,(H,30,35)/t23-,25+,26+/m1/s1. The number of nitrogens with zero attached hydrogens (tertiary/aromatic N) is 1. The fraction of sp³-hybridized carbons (Fsp3) is 0.414. The molecule has 0 aliphatic carbocycles. The lowest BCUT2D eigenvalue weighted by molar-refractivity contribution is -0.150. The lowest BCUT2D eigenvalue weighted by Crippen LogP contribution is -2.47. The van der Waals surface area contributed by atoms with E-state index in [2.05, 4.69) is 5.32 Å². The Morgan fingerprint density at radius 3 is 2.56 bits per heavy atom. The summed E-state index contributed by atoms with van der Waals surface area (Å²) in [4.78, 5) is 40.7. The molecule has 2 aliphatic rings. The number of aliphatic hydroxyl groups excluding tert-OH is 1. The van der Waals surface area contributed by atoms with E-state index in [0.29, 0.717) is 38.6 Å². The average Bonchev–Trinajstić information content (AvgIpc) is 2.92. The first-order valence-corrected chi connectivity index (χ1v) is 12.7. The molecule has 0 radical (unpaired) electrons.